The number of amides is 1. The van der Waals surface area contributed by atoms with Gasteiger partial charge < -0.3 is 4.90 Å². The summed E-state index contributed by atoms with van der Waals surface area (Å²) in [5, 5.41) is 0. The van der Waals surface area contributed by atoms with Gasteiger partial charge in [0.15, 0.2) is 0 Å². The molecular formula is C19H33N3O3S. The molecule has 0 unspecified atom stereocenters. The number of nitrogens with zero attached hydrogens (tertiary/aromatic N) is 3. The minimum atomic E-state index is -3.07. The second-order valence-electron chi connectivity index (χ2n) is 9.22. The summed E-state index contributed by atoms with van der Waals surface area (Å²) in [5.41, 5.74) is 0.223. The maximum absolute atomic E-state index is 12.9. The van der Waals surface area contributed by atoms with Gasteiger partial charge in [-0.2, -0.15) is 0 Å². The molecule has 0 bridgehead atoms. The lowest BCUT2D eigenvalue weighted by atomic mass is 9.57. The summed E-state index contributed by atoms with van der Waals surface area (Å²) in [4.78, 5) is 17.6. The van der Waals surface area contributed by atoms with E-state index in [0.29, 0.717) is 25.0 Å². The number of hydrogen-bond acceptors (Lipinski definition) is 4. The average molecular weight is 384 g/mol. The van der Waals surface area contributed by atoms with Gasteiger partial charge in [0.05, 0.1) is 6.26 Å². The van der Waals surface area contributed by atoms with Gasteiger partial charge in [-0.15, -0.1) is 0 Å². The van der Waals surface area contributed by atoms with Gasteiger partial charge in [-0.1, -0.05) is 6.42 Å². The molecule has 0 aromatic heterocycles. The van der Waals surface area contributed by atoms with E-state index in [0.717, 1.165) is 51.4 Å². The molecule has 26 heavy (non-hydrogen) atoms. The molecule has 1 amide bonds. The first-order valence-electron chi connectivity index (χ1n) is 10.3. The fraction of sp³-hybridized carbons (Fsp3) is 0.947. The molecule has 2 saturated heterocycles. The maximum atomic E-state index is 12.9. The lowest BCUT2D eigenvalue weighted by Gasteiger charge is -2.53. The van der Waals surface area contributed by atoms with Crippen LogP contribution in [0.25, 0.3) is 0 Å². The normalized spacial score (nSPS) is 31.6. The van der Waals surface area contributed by atoms with Crippen LogP contribution in [0.1, 0.15) is 51.9 Å². The predicted octanol–water partition coefficient (Wildman–Crippen LogP) is 1.52. The van der Waals surface area contributed by atoms with E-state index in [9.17, 15) is 13.2 Å². The van der Waals surface area contributed by atoms with Crippen LogP contribution in [-0.4, -0.2) is 79.5 Å². The molecule has 1 spiro atoms. The minimum Gasteiger partial charge on any atom is -0.340 e. The van der Waals surface area contributed by atoms with Crippen molar-refractivity contribution in [3.05, 3.63) is 0 Å². The lowest BCUT2D eigenvalue weighted by molar-refractivity contribution is -0.149. The van der Waals surface area contributed by atoms with Crippen LogP contribution in [0.5, 0.6) is 0 Å². The number of hydrogen-bond donors (Lipinski definition) is 0. The van der Waals surface area contributed by atoms with Crippen molar-refractivity contribution in [2.24, 2.45) is 11.3 Å². The zero-order valence-corrected chi connectivity index (χ0v) is 17.0. The summed E-state index contributed by atoms with van der Waals surface area (Å²) in [6, 6.07) is 1.24. The molecule has 4 rings (SSSR count). The molecule has 2 heterocycles. The van der Waals surface area contributed by atoms with Gasteiger partial charge in [0.2, 0.25) is 15.9 Å². The van der Waals surface area contributed by atoms with Crippen LogP contribution in [0.15, 0.2) is 0 Å². The molecule has 4 fully saturated rings. The fourth-order valence-electron chi connectivity index (χ4n) is 5.55. The van der Waals surface area contributed by atoms with E-state index in [4.69, 9.17) is 0 Å². The highest BCUT2D eigenvalue weighted by Crippen LogP contribution is 2.53. The summed E-state index contributed by atoms with van der Waals surface area (Å²) in [6.45, 7) is 6.29. The molecular weight excluding hydrogens is 350 g/mol. The van der Waals surface area contributed by atoms with Crippen molar-refractivity contribution in [1.29, 1.82) is 0 Å². The monoisotopic (exact) mass is 383 g/mol. The highest BCUT2D eigenvalue weighted by atomic mass is 32.2. The molecule has 0 aromatic carbocycles. The van der Waals surface area contributed by atoms with E-state index in [1.807, 2.05) is 0 Å². The fourth-order valence-corrected chi connectivity index (χ4v) is 6.40. The summed E-state index contributed by atoms with van der Waals surface area (Å²) in [7, 11) is -3.07. The molecule has 2 saturated carbocycles. The van der Waals surface area contributed by atoms with E-state index in [1.54, 1.807) is 4.31 Å². The quantitative estimate of drug-likeness (QED) is 0.741. The zero-order chi connectivity index (χ0) is 18.5. The molecule has 1 atom stereocenters. The van der Waals surface area contributed by atoms with E-state index < -0.39 is 10.0 Å². The Labute approximate surface area is 157 Å². The third-order valence-electron chi connectivity index (χ3n) is 7.49. The van der Waals surface area contributed by atoms with Gasteiger partial charge >= 0.3 is 0 Å². The Kier molecular flexibility index (Phi) is 4.85. The number of piperazine rings is 1. The van der Waals surface area contributed by atoms with Crippen LogP contribution in [0.2, 0.25) is 0 Å². The van der Waals surface area contributed by atoms with E-state index in [2.05, 4.69) is 16.7 Å². The Balaban J connectivity index is 1.26. The Morgan fingerprint density at radius 1 is 1.04 bits per heavy atom. The Morgan fingerprint density at radius 2 is 1.69 bits per heavy atom. The second-order valence-corrected chi connectivity index (χ2v) is 11.2. The van der Waals surface area contributed by atoms with Crippen LogP contribution in [-0.2, 0) is 14.8 Å². The van der Waals surface area contributed by atoms with Crippen molar-refractivity contribution in [1.82, 2.24) is 14.1 Å². The Hall–Kier alpha value is -0.660. The van der Waals surface area contributed by atoms with Crippen molar-refractivity contribution in [3.8, 4) is 0 Å². The van der Waals surface area contributed by atoms with Crippen molar-refractivity contribution < 1.29 is 13.2 Å². The van der Waals surface area contributed by atoms with Crippen molar-refractivity contribution >= 4 is 15.9 Å². The summed E-state index contributed by atoms with van der Waals surface area (Å²) < 4.78 is 24.9. The SMILES string of the molecule is C[C@H]1CN(C(=O)C2CC3(CCN(S(C)(=O)=O)CC3)C2)CCN1C1CCC1. The minimum absolute atomic E-state index is 0.169. The van der Waals surface area contributed by atoms with E-state index in [1.165, 1.54) is 25.5 Å². The smallest absolute Gasteiger partial charge is 0.225 e. The number of sulfonamides is 1. The highest BCUT2D eigenvalue weighted by Gasteiger charge is 2.50. The standard InChI is InChI=1S/C19H33N3O3S/c1-15-14-20(10-11-22(15)17-4-3-5-17)18(23)16-12-19(13-16)6-8-21(9-7-19)26(2,24)25/h15-17H,3-14H2,1-2H3/t15-/m0/s1. The lowest BCUT2D eigenvalue weighted by Crippen LogP contribution is -2.60. The topological polar surface area (TPSA) is 60.9 Å². The third-order valence-corrected chi connectivity index (χ3v) is 8.80. The van der Waals surface area contributed by atoms with Gasteiger partial charge in [-0.05, 0) is 50.9 Å². The molecule has 0 aromatic rings. The predicted molar refractivity (Wildman–Crippen MR) is 101 cm³/mol. The van der Waals surface area contributed by atoms with Gasteiger partial charge in [-0.3, -0.25) is 9.69 Å². The summed E-state index contributed by atoms with van der Waals surface area (Å²) in [6.07, 6.45) is 9.05. The largest absolute Gasteiger partial charge is 0.340 e. The van der Waals surface area contributed by atoms with Gasteiger partial charge in [0.1, 0.15) is 0 Å². The highest BCUT2D eigenvalue weighted by molar-refractivity contribution is 7.88. The van der Waals surface area contributed by atoms with E-state index >= 15 is 0 Å². The zero-order valence-electron chi connectivity index (χ0n) is 16.2. The molecule has 0 radical (unpaired) electrons. The van der Waals surface area contributed by atoms with E-state index in [-0.39, 0.29) is 11.3 Å². The number of carbonyl (C=O) groups excluding carboxylic acids is 1. The molecule has 4 aliphatic rings. The molecule has 2 aliphatic heterocycles. The summed E-state index contributed by atoms with van der Waals surface area (Å²) in [5.74, 6) is 0.517. The second kappa shape index (κ2) is 6.74. The Bertz CT molecular complexity index is 645. The van der Waals surface area contributed by atoms with Crippen molar-refractivity contribution in [2.75, 3.05) is 39.0 Å². The first-order valence-corrected chi connectivity index (χ1v) is 12.1. The van der Waals surface area contributed by atoms with Crippen LogP contribution in [0, 0.1) is 11.3 Å². The number of carbonyl (C=O) groups is 1. The molecule has 2 aliphatic carbocycles. The molecule has 0 N–H and O–H groups in total. The van der Waals surface area contributed by atoms with Crippen molar-refractivity contribution in [2.45, 2.75) is 64.0 Å². The summed E-state index contributed by atoms with van der Waals surface area (Å²) >= 11 is 0. The van der Waals surface area contributed by atoms with Gasteiger partial charge in [0.25, 0.3) is 0 Å². The first-order chi connectivity index (χ1) is 12.3. The average Bonchev–Trinajstić information content (AvgIpc) is 2.51. The van der Waals surface area contributed by atoms with Crippen molar-refractivity contribution in [3.63, 3.8) is 0 Å². The molecule has 7 heteroatoms. The molecule has 148 valence electrons. The third kappa shape index (κ3) is 3.42. The van der Waals surface area contributed by atoms with Crippen LogP contribution in [0.3, 0.4) is 0 Å². The van der Waals surface area contributed by atoms with Gasteiger partial charge in [0, 0.05) is 50.7 Å². The van der Waals surface area contributed by atoms with Crippen LogP contribution < -0.4 is 0 Å². The number of rotatable bonds is 3. The Morgan fingerprint density at radius 3 is 2.19 bits per heavy atom. The number of piperidine rings is 1. The molecule has 6 nitrogen and oxygen atoms in total. The van der Waals surface area contributed by atoms with Gasteiger partial charge in [-0.25, -0.2) is 12.7 Å². The van der Waals surface area contributed by atoms with Crippen LogP contribution >= 0.6 is 0 Å². The van der Waals surface area contributed by atoms with Crippen LogP contribution in [0.4, 0.5) is 0 Å². The maximum Gasteiger partial charge on any atom is 0.225 e. The first kappa shape index (κ1) is 18.7.